The van der Waals surface area contributed by atoms with E-state index in [1.165, 1.54) is 6.07 Å². The van der Waals surface area contributed by atoms with E-state index in [2.05, 4.69) is 5.32 Å². The molecule has 0 spiro atoms. The number of benzene rings is 2. The molecule has 0 aromatic heterocycles. The van der Waals surface area contributed by atoms with Crippen LogP contribution >= 0.6 is 11.6 Å². The first-order valence-electron chi connectivity index (χ1n) is 6.55. The molecule has 0 saturated carbocycles. The Morgan fingerprint density at radius 2 is 2.05 bits per heavy atom. The van der Waals surface area contributed by atoms with Crippen LogP contribution in [0.25, 0.3) is 0 Å². The standard InChI is InChI=1S/C16H15ClFNO2/c1-2-21-16(20)11-5-3-6-12(9-11)19-10-13-14(17)7-4-8-15(13)18/h3-9,19H,2,10H2,1H3. The normalized spacial score (nSPS) is 10.2. The summed E-state index contributed by atoms with van der Waals surface area (Å²) in [6.07, 6.45) is 0. The van der Waals surface area contributed by atoms with E-state index >= 15 is 0 Å². The average Bonchev–Trinajstić information content (AvgIpc) is 2.47. The Bertz CT molecular complexity index is 626. The minimum absolute atomic E-state index is 0.234. The van der Waals surface area contributed by atoms with Crippen molar-refractivity contribution in [1.82, 2.24) is 0 Å². The Kier molecular flexibility index (Phi) is 5.17. The molecule has 0 atom stereocenters. The molecule has 0 heterocycles. The number of hydrogen-bond acceptors (Lipinski definition) is 3. The van der Waals surface area contributed by atoms with Crippen molar-refractivity contribution in [3.05, 3.63) is 64.4 Å². The minimum atomic E-state index is -0.384. The number of anilines is 1. The van der Waals surface area contributed by atoms with Crippen molar-refractivity contribution in [2.75, 3.05) is 11.9 Å². The van der Waals surface area contributed by atoms with Gasteiger partial charge < -0.3 is 10.1 Å². The number of ether oxygens (including phenoxy) is 1. The number of carbonyl (C=O) groups is 1. The van der Waals surface area contributed by atoms with Crippen LogP contribution in [0.3, 0.4) is 0 Å². The summed E-state index contributed by atoms with van der Waals surface area (Å²) in [7, 11) is 0. The van der Waals surface area contributed by atoms with Crippen molar-refractivity contribution < 1.29 is 13.9 Å². The topological polar surface area (TPSA) is 38.3 Å². The third kappa shape index (κ3) is 3.95. The molecular weight excluding hydrogens is 293 g/mol. The van der Waals surface area contributed by atoms with Crippen LogP contribution in [0, 0.1) is 5.82 Å². The van der Waals surface area contributed by atoms with Crippen LogP contribution in [-0.4, -0.2) is 12.6 Å². The second kappa shape index (κ2) is 7.09. The number of esters is 1. The van der Waals surface area contributed by atoms with Crippen LogP contribution in [0.15, 0.2) is 42.5 Å². The van der Waals surface area contributed by atoms with Crippen molar-refractivity contribution in [3.63, 3.8) is 0 Å². The molecule has 0 unspecified atom stereocenters. The maximum absolute atomic E-state index is 13.7. The molecule has 2 rings (SSSR count). The quantitative estimate of drug-likeness (QED) is 0.838. The summed E-state index contributed by atoms with van der Waals surface area (Å²) < 4.78 is 18.6. The highest BCUT2D eigenvalue weighted by Crippen LogP contribution is 2.21. The highest BCUT2D eigenvalue weighted by molar-refractivity contribution is 6.31. The zero-order valence-corrected chi connectivity index (χ0v) is 12.3. The van der Waals surface area contributed by atoms with Crippen molar-refractivity contribution in [1.29, 1.82) is 0 Å². The average molecular weight is 308 g/mol. The van der Waals surface area contributed by atoms with Crippen molar-refractivity contribution >= 4 is 23.3 Å². The predicted molar refractivity (Wildman–Crippen MR) is 81.1 cm³/mol. The van der Waals surface area contributed by atoms with Crippen LogP contribution in [-0.2, 0) is 11.3 Å². The van der Waals surface area contributed by atoms with E-state index in [1.807, 2.05) is 0 Å². The van der Waals surface area contributed by atoms with Crippen molar-refractivity contribution in [2.24, 2.45) is 0 Å². The summed E-state index contributed by atoms with van der Waals surface area (Å²) in [4.78, 5) is 11.6. The summed E-state index contributed by atoms with van der Waals surface area (Å²) in [5.74, 6) is -0.748. The van der Waals surface area contributed by atoms with Gasteiger partial charge in [0.1, 0.15) is 5.82 Å². The van der Waals surface area contributed by atoms with E-state index in [-0.39, 0.29) is 18.3 Å². The van der Waals surface area contributed by atoms with Gasteiger partial charge in [-0.2, -0.15) is 0 Å². The van der Waals surface area contributed by atoms with Gasteiger partial charge in [-0.05, 0) is 37.3 Å². The van der Waals surface area contributed by atoms with Crippen molar-refractivity contribution in [3.8, 4) is 0 Å². The molecule has 0 fully saturated rings. The van der Waals surface area contributed by atoms with Crippen LogP contribution in [0.5, 0.6) is 0 Å². The molecule has 1 N–H and O–H groups in total. The Morgan fingerprint density at radius 1 is 1.29 bits per heavy atom. The Balaban J connectivity index is 2.10. The highest BCUT2D eigenvalue weighted by Gasteiger charge is 2.09. The number of hydrogen-bond donors (Lipinski definition) is 1. The molecule has 0 aliphatic carbocycles. The molecule has 0 amide bonds. The van der Waals surface area contributed by atoms with Crippen molar-refractivity contribution in [2.45, 2.75) is 13.5 Å². The fourth-order valence-electron chi connectivity index (χ4n) is 1.86. The molecule has 110 valence electrons. The molecule has 5 heteroatoms. The zero-order valence-electron chi connectivity index (χ0n) is 11.5. The lowest BCUT2D eigenvalue weighted by Crippen LogP contribution is -2.06. The van der Waals surface area contributed by atoms with Crippen LogP contribution in [0.2, 0.25) is 5.02 Å². The molecule has 0 aliphatic rings. The second-order valence-corrected chi connectivity index (χ2v) is 4.76. The van der Waals surface area contributed by atoms with E-state index in [0.717, 1.165) is 0 Å². The highest BCUT2D eigenvalue weighted by atomic mass is 35.5. The zero-order chi connectivity index (χ0) is 15.2. The lowest BCUT2D eigenvalue weighted by Gasteiger charge is -2.10. The molecule has 0 radical (unpaired) electrons. The molecular formula is C16H15ClFNO2. The van der Waals surface area contributed by atoms with Crippen LogP contribution < -0.4 is 5.32 Å². The molecule has 21 heavy (non-hydrogen) atoms. The summed E-state index contributed by atoms with van der Waals surface area (Å²) in [5, 5.41) is 3.41. The Hall–Kier alpha value is -2.07. The maximum atomic E-state index is 13.7. The summed E-state index contributed by atoms with van der Waals surface area (Å²) in [6.45, 7) is 2.30. The SMILES string of the molecule is CCOC(=O)c1cccc(NCc2c(F)cccc2Cl)c1. The second-order valence-electron chi connectivity index (χ2n) is 4.36. The third-order valence-electron chi connectivity index (χ3n) is 2.90. The van der Waals surface area contributed by atoms with Gasteiger partial charge in [-0.1, -0.05) is 23.7 Å². The molecule has 0 aliphatic heterocycles. The lowest BCUT2D eigenvalue weighted by atomic mass is 10.1. The fourth-order valence-corrected chi connectivity index (χ4v) is 2.09. The van der Waals surface area contributed by atoms with Gasteiger partial charge in [0, 0.05) is 22.8 Å². The summed E-state index contributed by atoms with van der Waals surface area (Å²) in [6, 6.07) is 11.4. The van der Waals surface area contributed by atoms with E-state index in [1.54, 1.807) is 43.3 Å². The summed E-state index contributed by atoms with van der Waals surface area (Å²) in [5.41, 5.74) is 1.53. The van der Waals surface area contributed by atoms with E-state index in [9.17, 15) is 9.18 Å². The van der Waals surface area contributed by atoms with E-state index in [0.29, 0.717) is 28.4 Å². The van der Waals surface area contributed by atoms with Crippen LogP contribution in [0.4, 0.5) is 10.1 Å². The van der Waals surface area contributed by atoms with Gasteiger partial charge in [0.25, 0.3) is 0 Å². The van der Waals surface area contributed by atoms with E-state index < -0.39 is 0 Å². The van der Waals surface area contributed by atoms with Gasteiger partial charge in [0.2, 0.25) is 0 Å². The molecule has 0 bridgehead atoms. The smallest absolute Gasteiger partial charge is 0.338 e. The molecule has 2 aromatic rings. The number of rotatable bonds is 5. The maximum Gasteiger partial charge on any atom is 0.338 e. The van der Waals surface area contributed by atoms with Gasteiger partial charge in [-0.15, -0.1) is 0 Å². The summed E-state index contributed by atoms with van der Waals surface area (Å²) >= 11 is 5.96. The number of nitrogens with one attached hydrogen (secondary N) is 1. The van der Waals surface area contributed by atoms with Gasteiger partial charge >= 0.3 is 5.97 Å². The molecule has 2 aromatic carbocycles. The Morgan fingerprint density at radius 3 is 2.76 bits per heavy atom. The van der Waals surface area contributed by atoms with Crippen LogP contribution in [0.1, 0.15) is 22.8 Å². The minimum Gasteiger partial charge on any atom is -0.462 e. The lowest BCUT2D eigenvalue weighted by molar-refractivity contribution is 0.0526. The fraction of sp³-hybridized carbons (Fsp3) is 0.188. The molecule has 0 saturated heterocycles. The van der Waals surface area contributed by atoms with Gasteiger partial charge in [0.15, 0.2) is 0 Å². The predicted octanol–water partition coefficient (Wildman–Crippen LogP) is 4.27. The number of halogens is 2. The first-order valence-corrected chi connectivity index (χ1v) is 6.93. The largest absolute Gasteiger partial charge is 0.462 e. The van der Waals surface area contributed by atoms with E-state index in [4.69, 9.17) is 16.3 Å². The third-order valence-corrected chi connectivity index (χ3v) is 3.26. The van der Waals surface area contributed by atoms with Gasteiger partial charge in [-0.25, -0.2) is 9.18 Å². The molecule has 3 nitrogen and oxygen atoms in total. The number of carbonyl (C=O) groups excluding carboxylic acids is 1. The first-order chi connectivity index (χ1) is 10.1. The Labute approximate surface area is 127 Å². The van der Waals surface area contributed by atoms with Gasteiger partial charge in [-0.3, -0.25) is 0 Å². The van der Waals surface area contributed by atoms with Gasteiger partial charge in [0.05, 0.1) is 12.2 Å². The monoisotopic (exact) mass is 307 g/mol. The first kappa shape index (κ1) is 15.3.